The van der Waals surface area contributed by atoms with Gasteiger partial charge >= 0.3 is 0 Å². The van der Waals surface area contributed by atoms with Crippen LogP contribution in [0.25, 0.3) is 0 Å². The van der Waals surface area contributed by atoms with Crippen molar-refractivity contribution >= 4 is 11.9 Å². The lowest BCUT2D eigenvalue weighted by atomic mass is 10.2. The third kappa shape index (κ3) is 4.04. The summed E-state index contributed by atoms with van der Waals surface area (Å²) in [5.41, 5.74) is 4.77. The number of nitro benzene ring substituents is 1. The van der Waals surface area contributed by atoms with Crippen LogP contribution in [0, 0.1) is 10.1 Å². The van der Waals surface area contributed by atoms with Crippen molar-refractivity contribution in [1.29, 1.82) is 0 Å². The lowest BCUT2D eigenvalue weighted by Crippen LogP contribution is -2.06. The largest absolute Gasteiger partial charge is 0.496 e. The summed E-state index contributed by atoms with van der Waals surface area (Å²) >= 11 is 0. The number of hydrogen-bond acceptors (Lipinski definition) is 5. The van der Waals surface area contributed by atoms with Crippen LogP contribution in [0.5, 0.6) is 5.75 Å². The Morgan fingerprint density at radius 3 is 2.62 bits per heavy atom. The molecular weight excluding hydrogens is 270 g/mol. The molecule has 2 aromatic rings. The fourth-order valence-corrected chi connectivity index (χ4v) is 1.78. The minimum Gasteiger partial charge on any atom is -0.496 e. The van der Waals surface area contributed by atoms with E-state index >= 15 is 0 Å². The van der Waals surface area contributed by atoms with Crippen LogP contribution in [-0.2, 0) is 6.54 Å². The molecule has 0 unspecified atom stereocenters. The molecule has 0 aliphatic carbocycles. The number of nitrogens with one attached hydrogen (secondary N) is 1. The van der Waals surface area contributed by atoms with Crippen molar-refractivity contribution in [3.05, 3.63) is 69.8 Å². The van der Waals surface area contributed by atoms with Gasteiger partial charge in [-0.1, -0.05) is 18.2 Å². The van der Waals surface area contributed by atoms with Gasteiger partial charge in [-0.2, -0.15) is 5.10 Å². The summed E-state index contributed by atoms with van der Waals surface area (Å²) in [7, 11) is 1.62. The number of methoxy groups -OCH3 is 1. The highest BCUT2D eigenvalue weighted by Gasteiger charge is 2.02. The number of hydrogen-bond donors (Lipinski definition) is 1. The molecule has 0 radical (unpaired) electrons. The maximum absolute atomic E-state index is 10.5. The third-order valence-corrected chi connectivity index (χ3v) is 2.87. The van der Waals surface area contributed by atoms with Gasteiger partial charge in [0.15, 0.2) is 0 Å². The molecule has 0 fully saturated rings. The summed E-state index contributed by atoms with van der Waals surface area (Å²) in [6.45, 7) is 0.535. The first-order valence-electron chi connectivity index (χ1n) is 6.33. The standard InChI is InChI=1S/C15H15N3O3/c1-21-15-5-3-2-4-13(15)11-17-16-10-12-6-8-14(9-7-12)18(19)20/h2-10,17H,11H2,1H3/b16-10-. The molecule has 6 nitrogen and oxygen atoms in total. The van der Waals surface area contributed by atoms with Gasteiger partial charge in [0, 0.05) is 17.7 Å². The molecule has 21 heavy (non-hydrogen) atoms. The summed E-state index contributed by atoms with van der Waals surface area (Å²) in [6.07, 6.45) is 1.61. The van der Waals surface area contributed by atoms with E-state index in [1.165, 1.54) is 12.1 Å². The van der Waals surface area contributed by atoms with Crippen LogP contribution in [0.15, 0.2) is 53.6 Å². The Labute approximate surface area is 122 Å². The number of non-ortho nitro benzene ring substituents is 1. The fraction of sp³-hybridized carbons (Fsp3) is 0.133. The van der Waals surface area contributed by atoms with Crippen molar-refractivity contribution in [2.45, 2.75) is 6.54 Å². The number of rotatable bonds is 6. The van der Waals surface area contributed by atoms with E-state index in [-0.39, 0.29) is 5.69 Å². The van der Waals surface area contributed by atoms with Gasteiger partial charge in [0.05, 0.1) is 24.8 Å². The second-order valence-corrected chi connectivity index (χ2v) is 4.25. The van der Waals surface area contributed by atoms with E-state index in [4.69, 9.17) is 4.74 Å². The zero-order valence-corrected chi connectivity index (χ0v) is 11.5. The number of hydrazone groups is 1. The summed E-state index contributed by atoms with van der Waals surface area (Å²) < 4.78 is 5.24. The van der Waals surface area contributed by atoms with E-state index in [2.05, 4.69) is 10.5 Å². The van der Waals surface area contributed by atoms with E-state index in [1.54, 1.807) is 25.5 Å². The zero-order chi connectivity index (χ0) is 15.1. The minimum atomic E-state index is -0.430. The molecule has 0 aliphatic rings. The van der Waals surface area contributed by atoms with Crippen LogP contribution in [-0.4, -0.2) is 18.2 Å². The molecule has 0 heterocycles. The lowest BCUT2D eigenvalue weighted by Gasteiger charge is -2.07. The van der Waals surface area contributed by atoms with E-state index in [0.29, 0.717) is 6.54 Å². The van der Waals surface area contributed by atoms with E-state index in [0.717, 1.165) is 16.9 Å². The van der Waals surface area contributed by atoms with Gasteiger partial charge in [-0.3, -0.25) is 10.1 Å². The predicted molar refractivity (Wildman–Crippen MR) is 80.5 cm³/mol. The number of nitrogens with zero attached hydrogens (tertiary/aromatic N) is 2. The number of para-hydroxylation sites is 1. The highest BCUT2D eigenvalue weighted by molar-refractivity contribution is 5.79. The summed E-state index contributed by atoms with van der Waals surface area (Å²) in [5, 5.41) is 14.6. The summed E-state index contributed by atoms with van der Waals surface area (Å²) in [4.78, 5) is 10.1. The van der Waals surface area contributed by atoms with E-state index in [1.807, 2.05) is 24.3 Å². The Kier molecular flexibility index (Phi) is 4.87. The highest BCUT2D eigenvalue weighted by Crippen LogP contribution is 2.16. The number of ether oxygens (including phenoxy) is 1. The van der Waals surface area contributed by atoms with Gasteiger partial charge < -0.3 is 10.2 Å². The summed E-state index contributed by atoms with van der Waals surface area (Å²) in [6, 6.07) is 13.9. The Balaban J connectivity index is 1.92. The normalized spacial score (nSPS) is 10.5. The molecule has 0 saturated carbocycles. The van der Waals surface area contributed by atoms with Crippen molar-refractivity contribution in [3.63, 3.8) is 0 Å². The third-order valence-electron chi connectivity index (χ3n) is 2.87. The van der Waals surface area contributed by atoms with Crippen molar-refractivity contribution in [2.75, 3.05) is 7.11 Å². The molecule has 2 rings (SSSR count). The smallest absolute Gasteiger partial charge is 0.269 e. The maximum atomic E-state index is 10.5. The van der Waals surface area contributed by atoms with E-state index < -0.39 is 4.92 Å². The average Bonchev–Trinajstić information content (AvgIpc) is 2.52. The van der Waals surface area contributed by atoms with Crippen molar-refractivity contribution in [2.24, 2.45) is 5.10 Å². The van der Waals surface area contributed by atoms with Crippen molar-refractivity contribution in [3.8, 4) is 5.75 Å². The first-order valence-corrected chi connectivity index (χ1v) is 6.33. The molecule has 0 aromatic heterocycles. The zero-order valence-electron chi connectivity index (χ0n) is 11.5. The molecule has 0 saturated heterocycles. The number of benzene rings is 2. The molecule has 0 atom stereocenters. The van der Waals surface area contributed by atoms with Crippen LogP contribution in [0.1, 0.15) is 11.1 Å². The predicted octanol–water partition coefficient (Wildman–Crippen LogP) is 2.73. The first-order chi connectivity index (χ1) is 10.2. The summed E-state index contributed by atoms with van der Waals surface area (Å²) in [5.74, 6) is 0.801. The van der Waals surface area contributed by atoms with Crippen molar-refractivity contribution in [1.82, 2.24) is 5.43 Å². The molecule has 0 aliphatic heterocycles. The maximum Gasteiger partial charge on any atom is 0.269 e. The topological polar surface area (TPSA) is 76.8 Å². The SMILES string of the molecule is COc1ccccc1CN/N=C\c1ccc([N+](=O)[O-])cc1. The van der Waals surface area contributed by atoms with Gasteiger partial charge in [-0.05, 0) is 23.8 Å². The minimum absolute atomic E-state index is 0.0640. The van der Waals surface area contributed by atoms with Gasteiger partial charge in [0.25, 0.3) is 5.69 Å². The average molecular weight is 285 g/mol. The molecule has 1 N–H and O–H groups in total. The molecule has 2 aromatic carbocycles. The molecular formula is C15H15N3O3. The molecule has 0 amide bonds. The van der Waals surface area contributed by atoms with Crippen LogP contribution >= 0.6 is 0 Å². The fourth-order valence-electron chi connectivity index (χ4n) is 1.78. The second-order valence-electron chi connectivity index (χ2n) is 4.25. The van der Waals surface area contributed by atoms with Gasteiger partial charge in [0.1, 0.15) is 5.75 Å². The molecule has 0 bridgehead atoms. The number of nitro groups is 1. The van der Waals surface area contributed by atoms with E-state index in [9.17, 15) is 10.1 Å². The lowest BCUT2D eigenvalue weighted by molar-refractivity contribution is -0.384. The first kappa shape index (κ1) is 14.5. The Hall–Kier alpha value is -2.89. The Morgan fingerprint density at radius 2 is 1.95 bits per heavy atom. The molecule has 108 valence electrons. The Bertz CT molecular complexity index is 639. The second kappa shape index (κ2) is 7.04. The molecule has 6 heteroatoms. The van der Waals surface area contributed by atoms with Gasteiger partial charge in [-0.25, -0.2) is 0 Å². The Morgan fingerprint density at radius 1 is 1.24 bits per heavy atom. The van der Waals surface area contributed by atoms with Crippen LogP contribution in [0.4, 0.5) is 5.69 Å². The van der Waals surface area contributed by atoms with Crippen LogP contribution in [0.2, 0.25) is 0 Å². The van der Waals surface area contributed by atoms with Gasteiger partial charge in [-0.15, -0.1) is 0 Å². The van der Waals surface area contributed by atoms with Gasteiger partial charge in [0.2, 0.25) is 0 Å². The highest BCUT2D eigenvalue weighted by atomic mass is 16.6. The molecule has 0 spiro atoms. The van der Waals surface area contributed by atoms with Crippen LogP contribution in [0.3, 0.4) is 0 Å². The quantitative estimate of drug-likeness (QED) is 0.503. The monoisotopic (exact) mass is 285 g/mol. The van der Waals surface area contributed by atoms with Crippen LogP contribution < -0.4 is 10.2 Å². The van der Waals surface area contributed by atoms with Crippen molar-refractivity contribution < 1.29 is 9.66 Å².